The van der Waals surface area contributed by atoms with E-state index in [1.165, 1.54) is 54.7 Å². The minimum absolute atomic E-state index is 0.214. The molecule has 0 saturated heterocycles. The molecule has 68 heavy (non-hydrogen) atoms. The van der Waals surface area contributed by atoms with Gasteiger partial charge in [0, 0.05) is 55.4 Å². The van der Waals surface area contributed by atoms with Gasteiger partial charge in [0.15, 0.2) is 0 Å². The van der Waals surface area contributed by atoms with Crippen LogP contribution in [0.4, 0.5) is 11.4 Å². The van der Waals surface area contributed by atoms with E-state index in [2.05, 4.69) is 268 Å². The molecule has 0 unspecified atom stereocenters. The van der Waals surface area contributed by atoms with Crippen molar-refractivity contribution >= 4 is 66.7 Å². The molecule has 0 aliphatic carbocycles. The molecule has 0 saturated carbocycles. The maximum atomic E-state index is 5.35. The Hall–Kier alpha value is -7.70. The first-order chi connectivity index (χ1) is 32.7. The molecule has 2 aliphatic heterocycles. The Morgan fingerprint density at radius 3 is 1.00 bits per heavy atom. The van der Waals surface area contributed by atoms with Gasteiger partial charge in [-0.3, -0.25) is 9.98 Å². The Labute approximate surface area is 399 Å². The van der Waals surface area contributed by atoms with Crippen molar-refractivity contribution in [3.63, 3.8) is 0 Å². The number of para-hydroxylation sites is 4. The van der Waals surface area contributed by atoms with Crippen LogP contribution in [0.1, 0.15) is 66.5 Å². The summed E-state index contributed by atoms with van der Waals surface area (Å²) in [6.45, 7) is 18.1. The molecule has 6 heteroatoms. The minimum Gasteiger partial charge on any atom is -0.318 e. The van der Waals surface area contributed by atoms with Crippen LogP contribution in [0, 0.1) is 0 Å². The standard InChI is InChI=1S/C62H56N6/c1-59(2)61(5,6)67(47-19-11-9-12-20-47)57(63-59)41-27-33-45(34-28-41)65-53-25-17-15-23-49(53)51-39-43(31-37-55(51)65)44-32-38-56-52(40-44)50-24-16-18-26-54(50)66(56)46-35-29-42(30-36-46)58-64-60(3,4)62(7,8)68(58)48-21-13-10-14-22-48/h9-40H,1-8H3. The van der Waals surface area contributed by atoms with Crippen LogP contribution in [-0.2, 0) is 0 Å². The Balaban J connectivity index is 0.905. The molecule has 0 amide bonds. The van der Waals surface area contributed by atoms with Crippen molar-refractivity contribution in [1.29, 1.82) is 0 Å². The number of hydrogen-bond acceptors (Lipinski definition) is 4. The molecule has 0 N–H and O–H groups in total. The quantitative estimate of drug-likeness (QED) is 0.160. The van der Waals surface area contributed by atoms with Gasteiger partial charge in [-0.25, -0.2) is 0 Å². The van der Waals surface area contributed by atoms with Gasteiger partial charge in [0.2, 0.25) is 0 Å². The van der Waals surface area contributed by atoms with E-state index in [-0.39, 0.29) is 22.2 Å². The van der Waals surface area contributed by atoms with Gasteiger partial charge in [-0.15, -0.1) is 0 Å². The summed E-state index contributed by atoms with van der Waals surface area (Å²) in [7, 11) is 0. The number of amidine groups is 2. The van der Waals surface area contributed by atoms with E-state index < -0.39 is 0 Å². The number of rotatable bonds is 7. The Bertz CT molecular complexity index is 3420. The monoisotopic (exact) mass is 884 g/mol. The van der Waals surface area contributed by atoms with Crippen LogP contribution in [0.15, 0.2) is 204 Å². The smallest absolute Gasteiger partial charge is 0.136 e. The first-order valence-electron chi connectivity index (χ1n) is 23.9. The van der Waals surface area contributed by atoms with Crippen molar-refractivity contribution in [3.8, 4) is 22.5 Å². The fraction of sp³-hybridized carbons (Fsp3) is 0.194. The lowest BCUT2D eigenvalue weighted by Gasteiger charge is -2.41. The average molecular weight is 885 g/mol. The van der Waals surface area contributed by atoms with Crippen LogP contribution >= 0.6 is 0 Å². The molecule has 0 spiro atoms. The van der Waals surface area contributed by atoms with Gasteiger partial charge >= 0.3 is 0 Å². The molecule has 0 radical (unpaired) electrons. The van der Waals surface area contributed by atoms with Gasteiger partial charge < -0.3 is 18.9 Å². The van der Waals surface area contributed by atoms with Crippen LogP contribution in [0.25, 0.3) is 66.1 Å². The summed E-state index contributed by atoms with van der Waals surface area (Å²) in [5.74, 6) is 2.00. The molecule has 2 aromatic heterocycles. The van der Waals surface area contributed by atoms with Crippen molar-refractivity contribution in [3.05, 3.63) is 205 Å². The molecule has 12 rings (SSSR count). The lowest BCUT2D eigenvalue weighted by molar-refractivity contribution is 0.338. The summed E-state index contributed by atoms with van der Waals surface area (Å²) in [5, 5.41) is 4.92. The van der Waals surface area contributed by atoms with Gasteiger partial charge in [0.25, 0.3) is 0 Å². The number of anilines is 2. The first-order valence-corrected chi connectivity index (χ1v) is 23.9. The zero-order valence-electron chi connectivity index (χ0n) is 40.2. The summed E-state index contributed by atoms with van der Waals surface area (Å²) < 4.78 is 4.81. The molecule has 4 heterocycles. The van der Waals surface area contributed by atoms with Crippen molar-refractivity contribution < 1.29 is 0 Å². The van der Waals surface area contributed by atoms with E-state index in [9.17, 15) is 0 Å². The highest BCUT2D eigenvalue weighted by atomic mass is 15.3. The number of benzene rings is 8. The van der Waals surface area contributed by atoms with Crippen molar-refractivity contribution in [2.75, 3.05) is 9.80 Å². The van der Waals surface area contributed by atoms with Gasteiger partial charge in [-0.2, -0.15) is 0 Å². The van der Waals surface area contributed by atoms with Gasteiger partial charge in [-0.05, 0) is 176 Å². The van der Waals surface area contributed by atoms with Crippen molar-refractivity contribution in [2.24, 2.45) is 9.98 Å². The van der Waals surface area contributed by atoms with Gasteiger partial charge in [0.05, 0.1) is 44.2 Å². The third kappa shape index (κ3) is 6.16. The van der Waals surface area contributed by atoms with Crippen LogP contribution in [-0.4, -0.2) is 43.0 Å². The van der Waals surface area contributed by atoms with Crippen LogP contribution in [0.3, 0.4) is 0 Å². The summed E-state index contributed by atoms with van der Waals surface area (Å²) >= 11 is 0. The molecule has 0 bridgehead atoms. The van der Waals surface area contributed by atoms with Crippen molar-refractivity contribution in [1.82, 2.24) is 9.13 Å². The molecule has 0 fully saturated rings. The van der Waals surface area contributed by atoms with E-state index in [4.69, 9.17) is 9.98 Å². The maximum Gasteiger partial charge on any atom is 0.136 e. The molecule has 8 aromatic carbocycles. The number of aliphatic imine (C=N–C) groups is 2. The molecular weight excluding hydrogens is 829 g/mol. The molecule has 2 aliphatic rings. The predicted molar refractivity (Wildman–Crippen MR) is 288 cm³/mol. The van der Waals surface area contributed by atoms with E-state index in [1.54, 1.807) is 0 Å². The van der Waals surface area contributed by atoms with Crippen LogP contribution in [0.5, 0.6) is 0 Å². The zero-order chi connectivity index (χ0) is 46.7. The maximum absolute atomic E-state index is 5.35. The van der Waals surface area contributed by atoms with Gasteiger partial charge in [-0.1, -0.05) is 84.9 Å². The Kier molecular flexibility index (Phi) is 9.14. The van der Waals surface area contributed by atoms with E-state index in [0.29, 0.717) is 0 Å². The Morgan fingerprint density at radius 1 is 0.294 bits per heavy atom. The summed E-state index contributed by atoms with van der Waals surface area (Å²) in [5.41, 5.74) is 12.9. The second-order valence-electron chi connectivity index (χ2n) is 20.7. The fourth-order valence-corrected chi connectivity index (χ4v) is 10.8. The molecule has 0 atom stereocenters. The summed E-state index contributed by atoms with van der Waals surface area (Å²) in [4.78, 5) is 15.5. The SMILES string of the molecule is CC1(C)N=C(c2ccc(-n3c4ccccc4c4cc(-c5ccc6c(c5)c5ccccc5n6-c5ccc(C6=NC(C)(C)C(C)(C)N6c6ccccc6)cc5)ccc43)cc2)N(c2ccccc2)C1(C)C. The zero-order valence-corrected chi connectivity index (χ0v) is 40.2. The second kappa shape index (κ2) is 14.9. The number of hydrogen-bond donors (Lipinski definition) is 0. The molecule has 334 valence electrons. The largest absolute Gasteiger partial charge is 0.318 e. The average Bonchev–Trinajstić information content (AvgIpc) is 3.98. The lowest BCUT2D eigenvalue weighted by atomic mass is 9.83. The minimum atomic E-state index is -0.275. The summed E-state index contributed by atoms with van der Waals surface area (Å²) in [6, 6.07) is 70.8. The highest BCUT2D eigenvalue weighted by molar-refractivity contribution is 6.15. The Morgan fingerprint density at radius 2 is 0.618 bits per heavy atom. The number of aromatic nitrogens is 2. The normalized spacial score (nSPS) is 17.1. The lowest BCUT2D eigenvalue weighted by Crippen LogP contribution is -2.53. The van der Waals surface area contributed by atoms with E-state index >= 15 is 0 Å². The highest BCUT2D eigenvalue weighted by Gasteiger charge is 2.51. The fourth-order valence-electron chi connectivity index (χ4n) is 10.8. The summed E-state index contributed by atoms with van der Waals surface area (Å²) in [6.07, 6.45) is 0. The predicted octanol–water partition coefficient (Wildman–Crippen LogP) is 15.2. The first kappa shape index (κ1) is 41.7. The highest BCUT2D eigenvalue weighted by Crippen LogP contribution is 2.45. The molecule has 10 aromatic rings. The van der Waals surface area contributed by atoms with Gasteiger partial charge in [0.1, 0.15) is 11.7 Å². The van der Waals surface area contributed by atoms with Crippen molar-refractivity contribution in [2.45, 2.75) is 77.5 Å². The number of nitrogens with zero attached hydrogens (tertiary/aromatic N) is 6. The van der Waals surface area contributed by atoms with Crippen LogP contribution < -0.4 is 9.80 Å². The second-order valence-corrected chi connectivity index (χ2v) is 20.7. The van der Waals surface area contributed by atoms with E-state index in [0.717, 1.165) is 45.5 Å². The molecular formula is C62H56N6. The topological polar surface area (TPSA) is 41.1 Å². The third-order valence-corrected chi connectivity index (χ3v) is 15.8. The number of fused-ring (bicyclic) bond motifs is 6. The molecule has 6 nitrogen and oxygen atoms in total. The van der Waals surface area contributed by atoms with E-state index in [1.807, 2.05) is 0 Å². The van der Waals surface area contributed by atoms with Crippen LogP contribution in [0.2, 0.25) is 0 Å². The third-order valence-electron chi connectivity index (χ3n) is 15.8.